The molecule has 1 aliphatic heterocycles. The third kappa shape index (κ3) is 8.67. The van der Waals surface area contributed by atoms with Gasteiger partial charge in [0.15, 0.2) is 5.16 Å². The van der Waals surface area contributed by atoms with E-state index in [0.29, 0.717) is 34.3 Å². The predicted molar refractivity (Wildman–Crippen MR) is 142 cm³/mol. The van der Waals surface area contributed by atoms with Crippen LogP contribution < -0.4 is 36.5 Å². The maximum absolute atomic E-state index is 11.8. The minimum Gasteiger partial charge on any atom is -0.480 e. The molecule has 6 N–H and O–H groups in total. The summed E-state index contributed by atoms with van der Waals surface area (Å²) in [6, 6.07) is 1.74. The maximum atomic E-state index is 11.8. The topological polar surface area (TPSA) is 176 Å². The number of rotatable bonds is 10. The highest BCUT2D eigenvalue weighted by Gasteiger charge is 2.25. The minimum atomic E-state index is -0.499. The van der Waals surface area contributed by atoms with Crippen LogP contribution in [0, 0.1) is 0 Å². The van der Waals surface area contributed by atoms with Crippen molar-refractivity contribution in [2.45, 2.75) is 61.7 Å². The average Bonchev–Trinajstić information content (AvgIpc) is 2.82. The Morgan fingerprint density at radius 3 is 2.38 bits per heavy atom. The number of piperazine rings is 1. The van der Waals surface area contributed by atoms with Crippen LogP contribution in [0.1, 0.15) is 40.0 Å². The summed E-state index contributed by atoms with van der Waals surface area (Å²) in [7, 11) is 3.08. The molecule has 1 aliphatic rings. The monoisotopic (exact) mass is 535 g/mol. The number of unbranched alkanes of at least 4 members (excludes halogenated alkanes) is 1. The highest BCUT2D eigenvalue weighted by atomic mass is 32.2. The fourth-order valence-electron chi connectivity index (χ4n) is 3.72. The van der Waals surface area contributed by atoms with Crippen molar-refractivity contribution in [3.8, 4) is 11.8 Å². The standard InChI is InChI=1S/C23H37N9O4S/c1-23(2,3)36-22(33)27-9-7-6-8-14-13-32(11-10-26-14)20-30-18(34-4)17(19(31-20)35-5)37-21-28-15(24)12-16(25)29-21/h12,14,26H,6-11,13H2,1-5H3,(H,27,33)(H4,24,25,28,29). The average molecular weight is 536 g/mol. The van der Waals surface area contributed by atoms with E-state index in [1.54, 1.807) is 0 Å². The van der Waals surface area contributed by atoms with Crippen molar-refractivity contribution in [2.24, 2.45) is 0 Å². The Morgan fingerprint density at radius 2 is 1.78 bits per heavy atom. The van der Waals surface area contributed by atoms with Gasteiger partial charge in [-0.05, 0) is 45.4 Å². The number of hydrogen-bond donors (Lipinski definition) is 4. The molecule has 1 saturated heterocycles. The molecule has 2 aromatic rings. The predicted octanol–water partition coefficient (Wildman–Crippen LogP) is 2.07. The van der Waals surface area contributed by atoms with Crippen LogP contribution in [0.25, 0.3) is 0 Å². The van der Waals surface area contributed by atoms with Crippen LogP contribution in [-0.2, 0) is 4.74 Å². The Morgan fingerprint density at radius 1 is 1.14 bits per heavy atom. The lowest BCUT2D eigenvalue weighted by atomic mass is 10.1. The first-order valence-electron chi connectivity index (χ1n) is 12.1. The van der Waals surface area contributed by atoms with Crippen molar-refractivity contribution >= 4 is 35.4 Å². The van der Waals surface area contributed by atoms with Crippen LogP contribution in [0.4, 0.5) is 22.4 Å². The Balaban J connectivity index is 1.60. The number of methoxy groups -OCH3 is 2. The number of ether oxygens (including phenoxy) is 3. The van der Waals surface area contributed by atoms with Gasteiger partial charge in [-0.2, -0.15) is 9.97 Å². The number of hydrogen-bond acceptors (Lipinski definition) is 13. The minimum absolute atomic E-state index is 0.258. The molecule has 3 heterocycles. The molecular weight excluding hydrogens is 498 g/mol. The van der Waals surface area contributed by atoms with Crippen molar-refractivity contribution in [3.05, 3.63) is 6.07 Å². The zero-order chi connectivity index (χ0) is 27.0. The zero-order valence-corrected chi connectivity index (χ0v) is 22.9. The smallest absolute Gasteiger partial charge is 0.407 e. The first-order chi connectivity index (χ1) is 17.6. The summed E-state index contributed by atoms with van der Waals surface area (Å²) in [5, 5.41) is 6.69. The molecule has 0 spiro atoms. The van der Waals surface area contributed by atoms with Gasteiger partial charge in [0.25, 0.3) is 0 Å². The van der Waals surface area contributed by atoms with E-state index in [1.165, 1.54) is 32.0 Å². The van der Waals surface area contributed by atoms with E-state index in [-0.39, 0.29) is 23.8 Å². The number of anilines is 3. The Bertz CT molecular complexity index is 1020. The molecule has 204 valence electrons. The van der Waals surface area contributed by atoms with Gasteiger partial charge in [0.1, 0.15) is 22.1 Å². The lowest BCUT2D eigenvalue weighted by Crippen LogP contribution is -2.51. The van der Waals surface area contributed by atoms with E-state index in [2.05, 4.69) is 35.5 Å². The Kier molecular flexibility index (Phi) is 9.80. The number of nitrogens with zero attached hydrogens (tertiary/aromatic N) is 5. The number of carbonyl (C=O) groups is 1. The van der Waals surface area contributed by atoms with Gasteiger partial charge >= 0.3 is 6.09 Å². The van der Waals surface area contributed by atoms with E-state index in [9.17, 15) is 4.79 Å². The van der Waals surface area contributed by atoms with Gasteiger partial charge in [0.2, 0.25) is 17.7 Å². The van der Waals surface area contributed by atoms with Crippen LogP contribution in [0.2, 0.25) is 0 Å². The molecule has 1 fully saturated rings. The molecule has 1 atom stereocenters. The molecule has 2 aromatic heterocycles. The van der Waals surface area contributed by atoms with Gasteiger partial charge in [0, 0.05) is 38.3 Å². The summed E-state index contributed by atoms with van der Waals surface area (Å²) in [4.78, 5) is 32.1. The fourth-order valence-corrected chi connectivity index (χ4v) is 4.64. The molecule has 1 amide bonds. The van der Waals surface area contributed by atoms with E-state index < -0.39 is 5.60 Å². The van der Waals surface area contributed by atoms with Gasteiger partial charge in [-0.1, -0.05) is 6.42 Å². The van der Waals surface area contributed by atoms with Crippen LogP contribution in [-0.4, -0.2) is 78.1 Å². The molecule has 0 saturated carbocycles. The van der Waals surface area contributed by atoms with Gasteiger partial charge in [-0.15, -0.1) is 0 Å². The molecule has 0 aromatic carbocycles. The van der Waals surface area contributed by atoms with Crippen molar-refractivity contribution in [3.63, 3.8) is 0 Å². The molecule has 1 unspecified atom stereocenters. The molecule has 13 nitrogen and oxygen atoms in total. The van der Waals surface area contributed by atoms with Crippen LogP contribution in [0.3, 0.4) is 0 Å². The first kappa shape index (κ1) is 28.3. The van der Waals surface area contributed by atoms with E-state index in [4.69, 9.17) is 25.7 Å². The number of carbonyl (C=O) groups excluding carboxylic acids is 1. The van der Waals surface area contributed by atoms with Crippen LogP contribution >= 0.6 is 11.8 Å². The van der Waals surface area contributed by atoms with Crippen molar-refractivity contribution in [1.29, 1.82) is 0 Å². The van der Waals surface area contributed by atoms with Crippen molar-refractivity contribution < 1.29 is 19.0 Å². The molecule has 37 heavy (non-hydrogen) atoms. The van der Waals surface area contributed by atoms with Crippen LogP contribution in [0.5, 0.6) is 11.8 Å². The highest BCUT2D eigenvalue weighted by molar-refractivity contribution is 7.99. The summed E-state index contributed by atoms with van der Waals surface area (Å²) >= 11 is 1.17. The maximum Gasteiger partial charge on any atom is 0.407 e. The molecular formula is C23H37N9O4S. The third-order valence-electron chi connectivity index (χ3n) is 5.30. The molecule has 0 bridgehead atoms. The zero-order valence-electron chi connectivity index (χ0n) is 22.0. The Labute approximate surface area is 221 Å². The van der Waals surface area contributed by atoms with E-state index in [0.717, 1.165) is 38.9 Å². The normalized spacial score (nSPS) is 15.8. The van der Waals surface area contributed by atoms with Crippen LogP contribution in [0.15, 0.2) is 16.1 Å². The molecule has 14 heteroatoms. The summed E-state index contributed by atoms with van der Waals surface area (Å²) in [6.45, 7) is 8.37. The second-order valence-corrected chi connectivity index (χ2v) is 10.5. The molecule has 3 rings (SSSR count). The van der Waals surface area contributed by atoms with E-state index in [1.807, 2.05) is 20.8 Å². The first-order valence-corrected chi connectivity index (χ1v) is 12.9. The second kappa shape index (κ2) is 12.8. The second-order valence-electron chi connectivity index (χ2n) is 9.50. The fraction of sp³-hybridized carbons (Fsp3) is 0.609. The highest BCUT2D eigenvalue weighted by Crippen LogP contribution is 2.40. The number of nitrogen functional groups attached to an aromatic ring is 2. The number of nitrogens with two attached hydrogens (primary N) is 2. The molecule has 0 radical (unpaired) electrons. The number of nitrogens with one attached hydrogen (secondary N) is 2. The largest absolute Gasteiger partial charge is 0.480 e. The quantitative estimate of drug-likeness (QED) is 0.257. The van der Waals surface area contributed by atoms with Gasteiger partial charge in [0.05, 0.1) is 14.2 Å². The number of alkyl carbamates (subject to hydrolysis) is 1. The van der Waals surface area contributed by atoms with Crippen molar-refractivity contribution in [1.82, 2.24) is 30.6 Å². The third-order valence-corrected chi connectivity index (χ3v) is 6.22. The van der Waals surface area contributed by atoms with Gasteiger partial charge < -0.3 is 41.2 Å². The summed E-state index contributed by atoms with van der Waals surface area (Å²) in [5.41, 5.74) is 11.1. The number of amides is 1. The summed E-state index contributed by atoms with van der Waals surface area (Å²) in [6.07, 6.45) is 2.37. The summed E-state index contributed by atoms with van der Waals surface area (Å²) < 4.78 is 16.4. The molecule has 0 aliphatic carbocycles. The lowest BCUT2D eigenvalue weighted by molar-refractivity contribution is 0.0527. The van der Waals surface area contributed by atoms with Crippen molar-refractivity contribution in [2.75, 3.05) is 56.8 Å². The SMILES string of the molecule is COc1nc(N2CCNC(CCCCNC(=O)OC(C)(C)C)C2)nc(OC)c1Sc1nc(N)cc(N)n1. The Hall–Kier alpha value is -3.26. The van der Waals surface area contributed by atoms with Gasteiger partial charge in [-0.25, -0.2) is 14.8 Å². The lowest BCUT2D eigenvalue weighted by Gasteiger charge is -2.34. The van der Waals surface area contributed by atoms with Gasteiger partial charge in [-0.3, -0.25) is 0 Å². The number of aromatic nitrogens is 4. The van der Waals surface area contributed by atoms with E-state index >= 15 is 0 Å². The summed E-state index contributed by atoms with van der Waals surface area (Å²) in [5.74, 6) is 1.74.